The van der Waals surface area contributed by atoms with Crippen LogP contribution < -0.4 is 4.74 Å². The first-order valence-electron chi connectivity index (χ1n) is 6.07. The van der Waals surface area contributed by atoms with Gasteiger partial charge >= 0.3 is 0 Å². The summed E-state index contributed by atoms with van der Waals surface area (Å²) in [6, 6.07) is 8.98. The fourth-order valence-electron chi connectivity index (χ4n) is 1.82. The van der Waals surface area contributed by atoms with Crippen LogP contribution in [0.25, 0.3) is 11.0 Å². The summed E-state index contributed by atoms with van der Waals surface area (Å²) < 4.78 is 5.49. The summed E-state index contributed by atoms with van der Waals surface area (Å²) in [4.78, 5) is 18.7. The minimum atomic E-state index is -0.499. The molecule has 0 N–H and O–H groups in total. The Morgan fingerprint density at radius 2 is 1.82 bits per heavy atom. The van der Waals surface area contributed by atoms with Crippen molar-refractivity contribution in [2.24, 2.45) is 0 Å². The molecule has 6 nitrogen and oxygen atoms in total. The highest BCUT2D eigenvalue weighted by molar-refractivity contribution is 6.42. The van der Waals surface area contributed by atoms with Crippen molar-refractivity contribution < 1.29 is 9.66 Å². The zero-order chi connectivity index (χ0) is 15.7. The first-order chi connectivity index (χ1) is 10.5. The predicted molar refractivity (Wildman–Crippen MR) is 82.7 cm³/mol. The number of ether oxygens (including phenoxy) is 1. The summed E-state index contributed by atoms with van der Waals surface area (Å²) in [5.41, 5.74) is 1.01. The van der Waals surface area contributed by atoms with Gasteiger partial charge in [-0.2, -0.15) is 0 Å². The molecule has 0 spiro atoms. The molecule has 1 heterocycles. The molecule has 110 valence electrons. The third-order valence-electron chi connectivity index (χ3n) is 2.81. The van der Waals surface area contributed by atoms with Crippen molar-refractivity contribution in [1.82, 2.24) is 9.97 Å². The van der Waals surface area contributed by atoms with Crippen LogP contribution in [0.3, 0.4) is 0 Å². The van der Waals surface area contributed by atoms with Crippen LogP contribution in [0.5, 0.6) is 11.6 Å². The lowest BCUT2D eigenvalue weighted by Gasteiger charge is -2.06. The fourth-order valence-corrected chi connectivity index (χ4v) is 2.14. The third-order valence-corrected chi connectivity index (χ3v) is 3.54. The molecule has 3 rings (SSSR count). The van der Waals surface area contributed by atoms with E-state index in [1.807, 2.05) is 0 Å². The van der Waals surface area contributed by atoms with Crippen LogP contribution >= 0.6 is 23.2 Å². The zero-order valence-corrected chi connectivity index (χ0v) is 12.4. The molecule has 0 saturated carbocycles. The number of benzene rings is 2. The molecule has 3 aromatic rings. The first-order valence-corrected chi connectivity index (χ1v) is 6.82. The number of nitro benzene ring substituents is 1. The summed E-state index contributed by atoms with van der Waals surface area (Å²) in [5, 5.41) is 11.5. The molecule has 2 aromatic carbocycles. The van der Waals surface area contributed by atoms with E-state index < -0.39 is 4.92 Å². The third kappa shape index (κ3) is 2.93. The van der Waals surface area contributed by atoms with Gasteiger partial charge in [0, 0.05) is 6.07 Å². The van der Waals surface area contributed by atoms with Gasteiger partial charge in [0.15, 0.2) is 0 Å². The monoisotopic (exact) mass is 335 g/mol. The Balaban J connectivity index is 1.95. The van der Waals surface area contributed by atoms with Gasteiger partial charge < -0.3 is 4.74 Å². The van der Waals surface area contributed by atoms with Gasteiger partial charge in [0.25, 0.3) is 5.69 Å². The molecule has 0 amide bonds. The van der Waals surface area contributed by atoms with Gasteiger partial charge in [-0.3, -0.25) is 10.1 Å². The molecule has 0 saturated heterocycles. The minimum absolute atomic E-state index is 0.0684. The molecule has 0 fully saturated rings. The molecule has 8 heteroatoms. The molecule has 22 heavy (non-hydrogen) atoms. The fraction of sp³-hybridized carbons (Fsp3) is 0. The maximum Gasteiger partial charge on any atom is 0.273 e. The number of nitro groups is 1. The maximum absolute atomic E-state index is 10.7. The number of halogens is 2. The first kappa shape index (κ1) is 14.5. The minimum Gasteiger partial charge on any atom is -0.437 e. The van der Waals surface area contributed by atoms with E-state index in [-0.39, 0.29) is 11.6 Å². The van der Waals surface area contributed by atoms with E-state index in [1.165, 1.54) is 24.4 Å². The van der Waals surface area contributed by atoms with Crippen LogP contribution in [0.1, 0.15) is 0 Å². The Bertz CT molecular complexity index is 886. The van der Waals surface area contributed by atoms with Crippen LogP contribution in [0.15, 0.2) is 42.6 Å². The van der Waals surface area contributed by atoms with E-state index in [4.69, 9.17) is 27.9 Å². The summed E-state index contributed by atoms with van der Waals surface area (Å²) in [6.07, 6.45) is 1.41. The highest BCUT2D eigenvalue weighted by Crippen LogP contribution is 2.28. The molecule has 0 atom stereocenters. The molecule has 0 unspecified atom stereocenters. The maximum atomic E-state index is 10.7. The lowest BCUT2D eigenvalue weighted by molar-refractivity contribution is -0.384. The lowest BCUT2D eigenvalue weighted by Crippen LogP contribution is -1.93. The zero-order valence-electron chi connectivity index (χ0n) is 10.9. The molecule has 1 aromatic heterocycles. The normalized spacial score (nSPS) is 10.6. The number of hydrogen-bond donors (Lipinski definition) is 0. The van der Waals surface area contributed by atoms with Crippen molar-refractivity contribution in [3.05, 3.63) is 62.8 Å². The molecule has 0 radical (unpaired) electrons. The summed E-state index contributed by atoms with van der Waals surface area (Å²) in [6.45, 7) is 0. The second-order valence-electron chi connectivity index (χ2n) is 4.32. The van der Waals surface area contributed by atoms with Crippen LogP contribution in [0.4, 0.5) is 5.69 Å². The Morgan fingerprint density at radius 1 is 1.09 bits per heavy atom. The number of aromatic nitrogens is 2. The Hall–Kier alpha value is -2.44. The average Bonchev–Trinajstić information content (AvgIpc) is 2.49. The smallest absolute Gasteiger partial charge is 0.273 e. The standard InChI is InChI=1S/C14H7Cl2N3O3/c15-10-5-12-13(6-11(10)16)18-14(7-17-12)22-9-3-1-2-8(4-9)19(20)21/h1-7H. The Labute approximate surface area is 134 Å². The number of nitrogens with zero attached hydrogens (tertiary/aromatic N) is 3. The van der Waals surface area contributed by atoms with Crippen LogP contribution in [0.2, 0.25) is 10.0 Å². The molecule has 0 aliphatic heterocycles. The Kier molecular flexibility index (Phi) is 3.79. The summed E-state index contributed by atoms with van der Waals surface area (Å²) in [5.74, 6) is 0.495. The summed E-state index contributed by atoms with van der Waals surface area (Å²) in [7, 11) is 0. The van der Waals surface area contributed by atoms with Gasteiger partial charge in [-0.25, -0.2) is 9.97 Å². The number of hydrogen-bond acceptors (Lipinski definition) is 5. The van der Waals surface area contributed by atoms with Crippen molar-refractivity contribution in [3.63, 3.8) is 0 Å². The predicted octanol–water partition coefficient (Wildman–Crippen LogP) is 4.64. The molecular weight excluding hydrogens is 329 g/mol. The summed E-state index contributed by atoms with van der Waals surface area (Å²) >= 11 is 11.8. The van der Waals surface area contributed by atoms with Gasteiger partial charge in [-0.15, -0.1) is 0 Å². The van der Waals surface area contributed by atoms with Gasteiger partial charge in [0.2, 0.25) is 5.88 Å². The highest BCUT2D eigenvalue weighted by Gasteiger charge is 2.09. The second kappa shape index (κ2) is 5.75. The van der Waals surface area contributed by atoms with Crippen molar-refractivity contribution in [3.8, 4) is 11.6 Å². The van der Waals surface area contributed by atoms with Crippen molar-refractivity contribution in [1.29, 1.82) is 0 Å². The molecule has 0 aliphatic rings. The quantitative estimate of drug-likeness (QED) is 0.514. The second-order valence-corrected chi connectivity index (χ2v) is 5.13. The average molecular weight is 336 g/mol. The van der Waals surface area contributed by atoms with Crippen LogP contribution in [-0.4, -0.2) is 14.9 Å². The van der Waals surface area contributed by atoms with Crippen LogP contribution in [-0.2, 0) is 0 Å². The van der Waals surface area contributed by atoms with E-state index in [9.17, 15) is 10.1 Å². The molecular formula is C14H7Cl2N3O3. The van der Waals surface area contributed by atoms with Gasteiger partial charge in [0.05, 0.1) is 38.3 Å². The van der Waals surface area contributed by atoms with Crippen molar-refractivity contribution >= 4 is 39.9 Å². The topological polar surface area (TPSA) is 78.2 Å². The lowest BCUT2D eigenvalue weighted by atomic mass is 10.3. The van der Waals surface area contributed by atoms with Crippen LogP contribution in [0, 0.1) is 10.1 Å². The molecule has 0 bridgehead atoms. The van der Waals surface area contributed by atoms with Gasteiger partial charge in [-0.05, 0) is 18.2 Å². The van der Waals surface area contributed by atoms with Crippen molar-refractivity contribution in [2.45, 2.75) is 0 Å². The van der Waals surface area contributed by atoms with E-state index in [0.29, 0.717) is 26.8 Å². The van der Waals surface area contributed by atoms with Gasteiger partial charge in [0.1, 0.15) is 5.75 Å². The van der Waals surface area contributed by atoms with E-state index in [0.717, 1.165) is 0 Å². The highest BCUT2D eigenvalue weighted by atomic mass is 35.5. The van der Waals surface area contributed by atoms with E-state index in [1.54, 1.807) is 18.2 Å². The van der Waals surface area contributed by atoms with Gasteiger partial charge in [-0.1, -0.05) is 29.3 Å². The SMILES string of the molecule is O=[N+]([O-])c1cccc(Oc2cnc3cc(Cl)c(Cl)cc3n2)c1. The number of rotatable bonds is 3. The van der Waals surface area contributed by atoms with E-state index in [2.05, 4.69) is 9.97 Å². The van der Waals surface area contributed by atoms with E-state index >= 15 is 0 Å². The Morgan fingerprint density at radius 3 is 2.55 bits per heavy atom. The largest absolute Gasteiger partial charge is 0.437 e. The number of non-ortho nitro benzene ring substituents is 1. The number of fused-ring (bicyclic) bond motifs is 1. The molecule has 0 aliphatic carbocycles. The van der Waals surface area contributed by atoms with Crippen molar-refractivity contribution in [2.75, 3.05) is 0 Å².